The molecule has 4 rings (SSSR count). The van der Waals surface area contributed by atoms with Crippen LogP contribution in [-0.2, 0) is 41.3 Å². The minimum atomic E-state index is -1.46. The number of nitrogens with zero attached hydrogens (tertiary/aromatic N) is 11. The molecule has 4 heterocycles. The molecule has 0 atom stereocenters. The second-order valence-corrected chi connectivity index (χ2v) is 9.59. The Balaban J connectivity index is -0.000000553. The predicted molar refractivity (Wildman–Crippen MR) is 172 cm³/mol. The Bertz CT molecular complexity index is 1440. The third kappa shape index (κ3) is 23.7. The Hall–Kier alpha value is -3.22. The standard InChI is InChI=1S/C8H6N4.C8H10N2O4.C6H6Br2N2.C6H8N2.CN.K/c1-10-4-8-6-11-7(2-3-9)5-12-8;11-7(12)1-5-3-10-6(4-9-5)2-8(13)14;7-1-5-3-10-6(2-8)4-9-5;1-5-3-8-6(2)4-7-5;1-2;/h5-6H,2,4H2;3-4,7,11-12H,1-2H2,(H,13,14);3-4H,1-2H2;3-4H,1-2H3;;/q;;;;-1;+1/p+1. The minimum absolute atomic E-state index is 0. The molecule has 0 unspecified atom stereocenters. The molecule has 15 nitrogen and oxygen atoms in total. The molecule has 0 aromatic carbocycles. The Labute approximate surface area is 333 Å². The maximum atomic E-state index is 10.3. The maximum Gasteiger partial charge on any atom is 1.00 e. The van der Waals surface area contributed by atoms with Crippen molar-refractivity contribution in [2.75, 3.05) is 0 Å². The van der Waals surface area contributed by atoms with E-state index in [0.717, 1.165) is 33.4 Å². The van der Waals surface area contributed by atoms with Gasteiger partial charge in [-0.05, 0) is 13.8 Å². The van der Waals surface area contributed by atoms with Gasteiger partial charge in [-0.25, -0.2) is 11.6 Å². The van der Waals surface area contributed by atoms with Crippen molar-refractivity contribution in [3.8, 4) is 6.07 Å². The summed E-state index contributed by atoms with van der Waals surface area (Å²) in [5.74, 6) is -0.978. The van der Waals surface area contributed by atoms with Crippen LogP contribution in [0.3, 0.4) is 0 Å². The number of nitriles is 1. The summed E-state index contributed by atoms with van der Waals surface area (Å²) in [4.78, 5) is 45.3. The monoisotopic (exact) mass is 794 g/mol. The molecule has 0 aliphatic carbocycles. The molecular weight excluding hydrogens is 765 g/mol. The number of alkyl halides is 2. The van der Waals surface area contributed by atoms with Gasteiger partial charge in [0.25, 0.3) is 6.54 Å². The number of halogens is 2. The van der Waals surface area contributed by atoms with Gasteiger partial charge in [0.2, 0.25) is 0 Å². The van der Waals surface area contributed by atoms with Crippen molar-refractivity contribution in [3.63, 3.8) is 0 Å². The second kappa shape index (κ2) is 29.0. The van der Waals surface area contributed by atoms with Crippen molar-refractivity contribution in [1.29, 1.82) is 10.5 Å². The fourth-order valence-electron chi connectivity index (χ4n) is 2.61. The van der Waals surface area contributed by atoms with Crippen LogP contribution in [0, 0.1) is 43.6 Å². The number of hydrogen-bond acceptors (Lipinski definition) is 13. The molecule has 0 aliphatic heterocycles. The van der Waals surface area contributed by atoms with Gasteiger partial charge in [0, 0.05) is 54.3 Å². The van der Waals surface area contributed by atoms with E-state index in [2.05, 4.69) is 76.6 Å². The molecule has 0 fully saturated rings. The molecule has 0 radical (unpaired) electrons. The number of carboxylic acid groups (broad SMARTS) is 1. The van der Waals surface area contributed by atoms with Gasteiger partial charge in [-0.15, -0.1) is 0 Å². The SMILES string of the molecule is BrCc1cnc(CBr)cn1.Cc1cnc(C)cn1.O=C(O)Cc1cnc(CC(O)O)cn1.[C-]#N.[C-]#[N+]Cc1cnc(CC#N)cn1.[H+].[K+]. The summed E-state index contributed by atoms with van der Waals surface area (Å²) < 4.78 is 0. The van der Waals surface area contributed by atoms with E-state index >= 15 is 0 Å². The first kappa shape index (κ1) is 45.9. The number of aliphatic carboxylic acids is 1. The largest absolute Gasteiger partial charge is 1.00 e. The average Bonchev–Trinajstić information content (AvgIpc) is 3.06. The van der Waals surface area contributed by atoms with Crippen molar-refractivity contribution in [1.82, 2.24) is 39.9 Å². The fourth-order valence-corrected chi connectivity index (χ4v) is 3.19. The molecule has 0 amide bonds. The number of aryl methyl sites for hydroxylation is 2. The topological polar surface area (TPSA) is 233 Å². The van der Waals surface area contributed by atoms with Crippen LogP contribution < -0.4 is 51.4 Å². The first-order valence-electron chi connectivity index (χ1n) is 12.9. The van der Waals surface area contributed by atoms with Gasteiger partial charge in [0.1, 0.15) is 5.69 Å². The Morgan fingerprint density at radius 2 is 1.19 bits per heavy atom. The number of carboxylic acids is 1. The summed E-state index contributed by atoms with van der Waals surface area (Å²) in [6, 6.07) is 1.97. The Morgan fingerprint density at radius 3 is 1.53 bits per heavy atom. The zero-order valence-corrected chi connectivity index (χ0v) is 32.2. The Kier molecular flexibility index (Phi) is 28.3. The average molecular weight is 797 g/mol. The van der Waals surface area contributed by atoms with E-state index in [9.17, 15) is 4.79 Å². The third-order valence-corrected chi connectivity index (χ3v) is 5.83. The van der Waals surface area contributed by atoms with E-state index in [4.69, 9.17) is 39.0 Å². The molecule has 3 N–H and O–H groups in total. The number of hydrogen-bond donors (Lipinski definition) is 3. The molecule has 4 aromatic heterocycles. The molecule has 0 spiro atoms. The van der Waals surface area contributed by atoms with Crippen LogP contribution in [-0.4, -0.2) is 67.5 Å². The van der Waals surface area contributed by atoms with Crippen LogP contribution in [0.4, 0.5) is 0 Å². The number of aliphatic hydroxyl groups excluding tert-OH is 1. The summed E-state index contributed by atoms with van der Waals surface area (Å²) in [5.41, 5.74) is 5.90. The maximum absolute atomic E-state index is 10.3. The van der Waals surface area contributed by atoms with Crippen LogP contribution in [0.2, 0.25) is 0 Å². The summed E-state index contributed by atoms with van der Waals surface area (Å²) >= 11 is 6.58. The number of aromatic nitrogens is 8. The number of aliphatic hydroxyl groups is 2. The van der Waals surface area contributed by atoms with E-state index in [-0.39, 0.29) is 78.6 Å². The number of rotatable bonds is 8. The van der Waals surface area contributed by atoms with Crippen molar-refractivity contribution < 1.29 is 72.9 Å². The summed E-state index contributed by atoms with van der Waals surface area (Å²) in [6.07, 6.45) is 11.4. The minimum Gasteiger partial charge on any atom is -0.512 e. The van der Waals surface area contributed by atoms with E-state index in [1.807, 2.05) is 19.9 Å². The van der Waals surface area contributed by atoms with Gasteiger partial charge < -0.3 is 32.0 Å². The first-order valence-corrected chi connectivity index (χ1v) is 15.1. The fraction of sp³-hybridized carbons (Fsp3) is 0.310. The molecule has 0 saturated carbocycles. The van der Waals surface area contributed by atoms with Crippen LogP contribution in [0.25, 0.3) is 4.85 Å². The van der Waals surface area contributed by atoms with Crippen molar-refractivity contribution in [2.45, 2.75) is 56.6 Å². The quantitative estimate of drug-likeness (QED) is 0.0954. The smallest absolute Gasteiger partial charge is 0.512 e. The number of carbonyl (C=O) groups is 1. The normalized spacial score (nSPS) is 9.00. The van der Waals surface area contributed by atoms with Gasteiger partial charge in [-0.2, -0.15) is 5.26 Å². The van der Waals surface area contributed by atoms with Crippen molar-refractivity contribution in [2.24, 2.45) is 0 Å². The van der Waals surface area contributed by atoms with E-state index in [0.29, 0.717) is 22.8 Å². The van der Waals surface area contributed by atoms with Crippen LogP contribution >= 0.6 is 31.9 Å². The van der Waals surface area contributed by atoms with Crippen molar-refractivity contribution >= 4 is 37.8 Å². The summed E-state index contributed by atoms with van der Waals surface area (Å²) in [7, 11) is 0. The summed E-state index contributed by atoms with van der Waals surface area (Å²) in [6.45, 7) is 15.4. The van der Waals surface area contributed by atoms with Gasteiger partial charge in [-0.1, -0.05) is 31.9 Å². The van der Waals surface area contributed by atoms with Crippen LogP contribution in [0.5, 0.6) is 0 Å². The molecule has 0 saturated heterocycles. The molecule has 0 aliphatic rings. The molecule has 47 heavy (non-hydrogen) atoms. The first-order chi connectivity index (χ1) is 22.1. The second-order valence-electron chi connectivity index (χ2n) is 8.47. The zero-order valence-electron chi connectivity index (χ0n) is 26.9. The van der Waals surface area contributed by atoms with E-state index in [1.54, 1.807) is 24.8 Å². The van der Waals surface area contributed by atoms with E-state index < -0.39 is 12.3 Å². The van der Waals surface area contributed by atoms with Gasteiger partial charge in [-0.3, -0.25) is 39.7 Å². The van der Waals surface area contributed by atoms with Crippen LogP contribution in [0.1, 0.15) is 47.0 Å². The van der Waals surface area contributed by atoms with Gasteiger partial charge in [0.05, 0.1) is 71.2 Å². The summed E-state index contributed by atoms with van der Waals surface area (Å²) in [5, 5.41) is 41.8. The molecular formula is C29H31Br2KN11O4+. The third-order valence-electron chi connectivity index (χ3n) is 4.69. The van der Waals surface area contributed by atoms with Crippen molar-refractivity contribution in [3.05, 3.63) is 113 Å². The molecule has 18 heteroatoms. The zero-order chi connectivity index (χ0) is 34.7. The van der Waals surface area contributed by atoms with E-state index in [1.165, 1.54) is 24.8 Å². The molecule has 240 valence electrons. The van der Waals surface area contributed by atoms with Gasteiger partial charge >= 0.3 is 58.8 Å². The predicted octanol–water partition coefficient (Wildman–Crippen LogP) is 0.492. The Morgan fingerprint density at radius 1 is 0.787 bits per heavy atom. The van der Waals surface area contributed by atoms with Crippen LogP contribution in [0.15, 0.2) is 49.6 Å². The van der Waals surface area contributed by atoms with Gasteiger partial charge in [0.15, 0.2) is 6.29 Å². The molecule has 4 aromatic rings. The molecule has 0 bridgehead atoms.